The van der Waals surface area contributed by atoms with Crippen molar-refractivity contribution in [1.82, 2.24) is 9.62 Å². The Bertz CT molecular complexity index is 862. The number of rotatable bonds is 8. The summed E-state index contributed by atoms with van der Waals surface area (Å²) in [6.07, 6.45) is 0. The van der Waals surface area contributed by atoms with E-state index >= 15 is 0 Å². The van der Waals surface area contributed by atoms with Crippen LogP contribution >= 0.6 is 0 Å². The normalized spacial score (nSPS) is 12.6. The Balaban J connectivity index is 2.11. The third kappa shape index (κ3) is 5.38. The number of carbonyl (C=O) groups excluding carboxylic acids is 1. The number of aryl methyl sites for hydroxylation is 1. The lowest BCUT2D eigenvalue weighted by Gasteiger charge is -2.25. The quantitative estimate of drug-likeness (QED) is 0.703. The van der Waals surface area contributed by atoms with Crippen molar-refractivity contribution in [3.63, 3.8) is 0 Å². The molecule has 1 atom stereocenters. The summed E-state index contributed by atoms with van der Waals surface area (Å²) in [6, 6.07) is 13.9. The summed E-state index contributed by atoms with van der Waals surface area (Å²) in [6.45, 7) is 4.46. The topological polar surface area (TPSA) is 75.7 Å². The van der Waals surface area contributed by atoms with Crippen LogP contribution in [0.5, 0.6) is 0 Å². The standard InChI is InChI=1S/C20H26N2O4S/c1-15-5-7-17(8-6-15)16(2)22(3)20(23)18-9-11-19(12-10-18)27(24,25)21-13-14-26-4/h5-12,16,21H,13-14H2,1-4H3. The maximum absolute atomic E-state index is 12.7. The molecule has 0 aliphatic heterocycles. The molecular weight excluding hydrogens is 364 g/mol. The van der Waals surface area contributed by atoms with E-state index in [-0.39, 0.29) is 30.0 Å². The second kappa shape index (κ2) is 9.12. The Morgan fingerprint density at radius 3 is 2.26 bits per heavy atom. The molecule has 0 aliphatic rings. The van der Waals surface area contributed by atoms with Crippen molar-refractivity contribution >= 4 is 15.9 Å². The molecule has 2 aromatic rings. The first kappa shape index (κ1) is 21.1. The van der Waals surface area contributed by atoms with Gasteiger partial charge in [-0.2, -0.15) is 0 Å². The fourth-order valence-electron chi connectivity index (χ4n) is 2.59. The van der Waals surface area contributed by atoms with Crippen LogP contribution in [0.1, 0.15) is 34.5 Å². The number of amides is 1. The summed E-state index contributed by atoms with van der Waals surface area (Å²) in [7, 11) is -0.371. The van der Waals surface area contributed by atoms with Gasteiger partial charge in [-0.05, 0) is 43.7 Å². The van der Waals surface area contributed by atoms with E-state index in [4.69, 9.17) is 4.74 Å². The molecule has 7 heteroatoms. The van der Waals surface area contributed by atoms with Gasteiger partial charge in [-0.15, -0.1) is 0 Å². The van der Waals surface area contributed by atoms with Crippen molar-refractivity contribution in [2.75, 3.05) is 27.3 Å². The summed E-state index contributed by atoms with van der Waals surface area (Å²) >= 11 is 0. The number of carbonyl (C=O) groups is 1. The van der Waals surface area contributed by atoms with Crippen molar-refractivity contribution in [1.29, 1.82) is 0 Å². The van der Waals surface area contributed by atoms with E-state index < -0.39 is 10.0 Å². The zero-order chi connectivity index (χ0) is 20.0. The number of hydrogen-bond donors (Lipinski definition) is 1. The third-order valence-corrected chi connectivity index (χ3v) is 5.95. The molecule has 0 saturated carbocycles. The van der Waals surface area contributed by atoms with Crippen LogP contribution in [-0.2, 0) is 14.8 Å². The molecule has 146 valence electrons. The molecule has 1 N–H and O–H groups in total. The highest BCUT2D eigenvalue weighted by atomic mass is 32.2. The Hall–Kier alpha value is -2.22. The summed E-state index contributed by atoms with van der Waals surface area (Å²) < 4.78 is 31.6. The number of nitrogens with zero attached hydrogens (tertiary/aromatic N) is 1. The molecule has 6 nitrogen and oxygen atoms in total. The van der Waals surface area contributed by atoms with Crippen molar-refractivity contribution in [3.05, 3.63) is 65.2 Å². The number of methoxy groups -OCH3 is 1. The van der Waals surface area contributed by atoms with Crippen molar-refractivity contribution in [2.45, 2.75) is 24.8 Å². The Morgan fingerprint density at radius 1 is 1.11 bits per heavy atom. The van der Waals surface area contributed by atoms with Crippen LogP contribution in [0.15, 0.2) is 53.4 Å². The maximum Gasteiger partial charge on any atom is 0.254 e. The fraction of sp³-hybridized carbons (Fsp3) is 0.350. The molecular formula is C20H26N2O4S. The van der Waals surface area contributed by atoms with Gasteiger partial charge in [0.2, 0.25) is 10.0 Å². The lowest BCUT2D eigenvalue weighted by Crippen LogP contribution is -2.30. The largest absolute Gasteiger partial charge is 0.383 e. The highest BCUT2D eigenvalue weighted by molar-refractivity contribution is 7.89. The van der Waals surface area contributed by atoms with Gasteiger partial charge in [0.05, 0.1) is 17.5 Å². The molecule has 2 rings (SSSR count). The molecule has 2 aromatic carbocycles. The Morgan fingerprint density at radius 2 is 1.70 bits per heavy atom. The molecule has 0 heterocycles. The van der Waals surface area contributed by atoms with E-state index in [0.29, 0.717) is 5.56 Å². The number of hydrogen-bond acceptors (Lipinski definition) is 4. The van der Waals surface area contributed by atoms with Gasteiger partial charge in [0.15, 0.2) is 0 Å². The molecule has 0 saturated heterocycles. The molecule has 0 aromatic heterocycles. The van der Waals surface area contributed by atoms with Gasteiger partial charge < -0.3 is 9.64 Å². The molecule has 0 fully saturated rings. The van der Waals surface area contributed by atoms with E-state index in [1.165, 1.54) is 31.4 Å². The van der Waals surface area contributed by atoms with Gasteiger partial charge >= 0.3 is 0 Å². The first-order valence-electron chi connectivity index (χ1n) is 8.68. The van der Waals surface area contributed by atoms with Gasteiger partial charge in [-0.1, -0.05) is 29.8 Å². The number of benzene rings is 2. The summed E-state index contributed by atoms with van der Waals surface area (Å²) in [4.78, 5) is 14.5. The zero-order valence-electron chi connectivity index (χ0n) is 16.1. The average Bonchev–Trinajstić information content (AvgIpc) is 2.67. The minimum absolute atomic E-state index is 0.0998. The summed E-state index contributed by atoms with van der Waals surface area (Å²) in [5.74, 6) is -0.167. The zero-order valence-corrected chi connectivity index (χ0v) is 16.9. The highest BCUT2D eigenvalue weighted by Crippen LogP contribution is 2.21. The maximum atomic E-state index is 12.7. The van der Waals surface area contributed by atoms with Gasteiger partial charge in [0, 0.05) is 26.3 Å². The Kier molecular flexibility index (Phi) is 7.12. The van der Waals surface area contributed by atoms with Gasteiger partial charge in [0.25, 0.3) is 5.91 Å². The Labute approximate surface area is 161 Å². The van der Waals surface area contributed by atoms with Crippen LogP contribution < -0.4 is 4.72 Å². The molecule has 1 amide bonds. The minimum atomic E-state index is -3.61. The average molecular weight is 391 g/mol. The SMILES string of the molecule is COCCNS(=O)(=O)c1ccc(C(=O)N(C)C(C)c2ccc(C)cc2)cc1. The fourth-order valence-corrected chi connectivity index (χ4v) is 3.60. The number of sulfonamides is 1. The first-order chi connectivity index (χ1) is 12.8. The van der Waals surface area contributed by atoms with Crippen LogP contribution in [0, 0.1) is 6.92 Å². The van der Waals surface area contributed by atoms with Crippen molar-refractivity contribution in [2.24, 2.45) is 0 Å². The number of nitrogens with one attached hydrogen (secondary N) is 1. The molecule has 0 radical (unpaired) electrons. The highest BCUT2D eigenvalue weighted by Gasteiger charge is 2.20. The number of ether oxygens (including phenoxy) is 1. The molecule has 0 aliphatic carbocycles. The van der Waals surface area contributed by atoms with Crippen LogP contribution in [-0.4, -0.2) is 46.5 Å². The van der Waals surface area contributed by atoms with E-state index in [2.05, 4.69) is 4.72 Å². The van der Waals surface area contributed by atoms with E-state index in [1.807, 2.05) is 38.1 Å². The third-order valence-electron chi connectivity index (χ3n) is 4.47. The molecule has 0 bridgehead atoms. The summed E-state index contributed by atoms with van der Waals surface area (Å²) in [5.41, 5.74) is 2.64. The predicted molar refractivity (Wildman–Crippen MR) is 105 cm³/mol. The monoisotopic (exact) mass is 390 g/mol. The molecule has 0 spiro atoms. The van der Waals surface area contributed by atoms with Crippen LogP contribution in [0.3, 0.4) is 0 Å². The van der Waals surface area contributed by atoms with Gasteiger partial charge in [0.1, 0.15) is 0 Å². The minimum Gasteiger partial charge on any atom is -0.383 e. The molecule has 27 heavy (non-hydrogen) atoms. The lowest BCUT2D eigenvalue weighted by atomic mass is 10.0. The van der Waals surface area contributed by atoms with Crippen molar-refractivity contribution in [3.8, 4) is 0 Å². The molecule has 1 unspecified atom stereocenters. The first-order valence-corrected chi connectivity index (χ1v) is 10.2. The van der Waals surface area contributed by atoms with Crippen LogP contribution in [0.25, 0.3) is 0 Å². The van der Waals surface area contributed by atoms with E-state index in [0.717, 1.165) is 11.1 Å². The smallest absolute Gasteiger partial charge is 0.254 e. The second-order valence-corrected chi connectivity index (χ2v) is 8.18. The van der Waals surface area contributed by atoms with E-state index in [1.54, 1.807) is 11.9 Å². The second-order valence-electron chi connectivity index (χ2n) is 6.42. The summed E-state index contributed by atoms with van der Waals surface area (Å²) in [5, 5.41) is 0. The van der Waals surface area contributed by atoms with Crippen LogP contribution in [0.4, 0.5) is 0 Å². The predicted octanol–water partition coefficient (Wildman–Crippen LogP) is 2.75. The van der Waals surface area contributed by atoms with E-state index in [9.17, 15) is 13.2 Å². The van der Waals surface area contributed by atoms with Crippen LogP contribution in [0.2, 0.25) is 0 Å². The van der Waals surface area contributed by atoms with Crippen molar-refractivity contribution < 1.29 is 17.9 Å². The van der Waals surface area contributed by atoms with Gasteiger partial charge in [-0.3, -0.25) is 4.79 Å². The van der Waals surface area contributed by atoms with Gasteiger partial charge in [-0.25, -0.2) is 13.1 Å². The lowest BCUT2D eigenvalue weighted by molar-refractivity contribution is 0.0742.